The summed E-state index contributed by atoms with van der Waals surface area (Å²) >= 11 is 6.66. The average molecular weight is 483 g/mol. The Hall–Kier alpha value is -2.42. The van der Waals surface area contributed by atoms with E-state index in [9.17, 15) is 0 Å². The molecular formula is C21H15BrN4OS2. The molecule has 3 aromatic heterocycles. The third-order valence-electron chi connectivity index (χ3n) is 4.52. The molecule has 0 aliphatic carbocycles. The van der Waals surface area contributed by atoms with E-state index in [1.54, 1.807) is 11.8 Å². The van der Waals surface area contributed by atoms with Crippen LogP contribution in [0.2, 0.25) is 0 Å². The molecule has 0 radical (unpaired) electrons. The number of thioether (sulfide) groups is 1. The summed E-state index contributed by atoms with van der Waals surface area (Å²) in [7, 11) is 0. The Balaban J connectivity index is 1.43. The summed E-state index contributed by atoms with van der Waals surface area (Å²) in [4.78, 5) is 2.01. The number of aromatic nitrogens is 4. The molecule has 0 bridgehead atoms. The van der Waals surface area contributed by atoms with Gasteiger partial charge in [0, 0.05) is 21.4 Å². The molecule has 0 saturated heterocycles. The molecule has 0 unspecified atom stereocenters. The standard InChI is InChI=1S/C21H15BrN4OS2/c1-28-16-8-2-13(3-9-16)12-19-23-24-21-26(19)25-20(29-21)18-11-10-17(27-18)14-4-6-15(22)7-5-14/h2-11H,12H2,1H3. The molecule has 0 N–H and O–H groups in total. The largest absolute Gasteiger partial charge is 0.454 e. The minimum atomic E-state index is 0.682. The van der Waals surface area contributed by atoms with E-state index in [4.69, 9.17) is 9.52 Å². The van der Waals surface area contributed by atoms with Gasteiger partial charge in [-0.1, -0.05) is 51.5 Å². The summed E-state index contributed by atoms with van der Waals surface area (Å²) in [5, 5.41) is 14.1. The summed E-state index contributed by atoms with van der Waals surface area (Å²) in [5.41, 5.74) is 2.21. The SMILES string of the molecule is CSc1ccc(Cc2nnc3sc(-c4ccc(-c5ccc(Br)cc5)o4)nn23)cc1. The predicted octanol–water partition coefficient (Wildman–Crippen LogP) is 6.19. The highest BCUT2D eigenvalue weighted by molar-refractivity contribution is 9.10. The Morgan fingerprint density at radius 2 is 1.72 bits per heavy atom. The van der Waals surface area contributed by atoms with Crippen LogP contribution in [0.25, 0.3) is 27.1 Å². The first-order valence-electron chi connectivity index (χ1n) is 8.90. The monoisotopic (exact) mass is 482 g/mol. The van der Waals surface area contributed by atoms with Crippen LogP contribution in [0.5, 0.6) is 0 Å². The molecule has 0 amide bonds. The van der Waals surface area contributed by atoms with Gasteiger partial charge in [0.2, 0.25) is 4.96 Å². The van der Waals surface area contributed by atoms with E-state index in [2.05, 4.69) is 56.6 Å². The molecule has 0 aliphatic rings. The molecule has 0 aliphatic heterocycles. The first kappa shape index (κ1) is 18.6. The van der Waals surface area contributed by atoms with Gasteiger partial charge in [-0.05, 0) is 48.2 Å². The summed E-state index contributed by atoms with van der Waals surface area (Å²) < 4.78 is 8.90. The molecule has 5 nitrogen and oxygen atoms in total. The van der Waals surface area contributed by atoms with Gasteiger partial charge < -0.3 is 4.42 Å². The van der Waals surface area contributed by atoms with Crippen LogP contribution >= 0.6 is 39.0 Å². The normalized spacial score (nSPS) is 11.4. The summed E-state index contributed by atoms with van der Waals surface area (Å²) in [6.07, 6.45) is 2.76. The van der Waals surface area contributed by atoms with Crippen LogP contribution in [0.4, 0.5) is 0 Å². The second kappa shape index (κ2) is 7.78. The van der Waals surface area contributed by atoms with E-state index in [0.717, 1.165) is 37.3 Å². The van der Waals surface area contributed by atoms with E-state index in [1.165, 1.54) is 21.8 Å². The number of fused-ring (bicyclic) bond motifs is 1. The summed E-state index contributed by atoms with van der Waals surface area (Å²) in [6.45, 7) is 0. The van der Waals surface area contributed by atoms with Crippen molar-refractivity contribution < 1.29 is 4.42 Å². The predicted molar refractivity (Wildman–Crippen MR) is 121 cm³/mol. The van der Waals surface area contributed by atoms with Crippen molar-refractivity contribution >= 4 is 44.0 Å². The second-order valence-electron chi connectivity index (χ2n) is 6.41. The highest BCUT2D eigenvalue weighted by atomic mass is 79.9. The van der Waals surface area contributed by atoms with Gasteiger partial charge in [0.25, 0.3) is 0 Å². The van der Waals surface area contributed by atoms with Crippen molar-refractivity contribution in [2.75, 3.05) is 6.26 Å². The molecule has 29 heavy (non-hydrogen) atoms. The number of halogens is 1. The first-order chi connectivity index (χ1) is 14.2. The van der Waals surface area contributed by atoms with Gasteiger partial charge in [-0.2, -0.15) is 4.52 Å². The Kier molecular flexibility index (Phi) is 4.99. The Bertz CT molecular complexity index is 1270. The lowest BCUT2D eigenvalue weighted by atomic mass is 10.1. The number of furan rings is 1. The van der Waals surface area contributed by atoms with E-state index in [-0.39, 0.29) is 0 Å². The Morgan fingerprint density at radius 3 is 2.48 bits per heavy atom. The lowest BCUT2D eigenvalue weighted by molar-refractivity contribution is 0.595. The fourth-order valence-corrected chi connectivity index (χ4v) is 4.51. The van der Waals surface area contributed by atoms with Crippen molar-refractivity contribution in [3.05, 3.63) is 76.5 Å². The zero-order valence-corrected chi connectivity index (χ0v) is 18.6. The topological polar surface area (TPSA) is 56.2 Å². The lowest BCUT2D eigenvalue weighted by Crippen LogP contribution is -1.97. The quantitative estimate of drug-likeness (QED) is 0.279. The van der Waals surface area contributed by atoms with Crippen LogP contribution in [-0.2, 0) is 6.42 Å². The maximum absolute atomic E-state index is 6.05. The molecule has 0 atom stereocenters. The fraction of sp³-hybridized carbons (Fsp3) is 0.0952. The number of hydrogen-bond donors (Lipinski definition) is 0. The minimum absolute atomic E-state index is 0.682. The van der Waals surface area contributed by atoms with Crippen LogP contribution in [-0.4, -0.2) is 26.1 Å². The Morgan fingerprint density at radius 1 is 0.966 bits per heavy atom. The fourth-order valence-electron chi connectivity index (χ4n) is 3.02. The third kappa shape index (κ3) is 3.75. The van der Waals surface area contributed by atoms with Gasteiger partial charge in [-0.3, -0.25) is 0 Å². The first-order valence-corrected chi connectivity index (χ1v) is 11.7. The van der Waals surface area contributed by atoms with Crippen molar-refractivity contribution in [2.45, 2.75) is 11.3 Å². The molecule has 0 saturated carbocycles. The molecular weight excluding hydrogens is 468 g/mol. The summed E-state index contributed by atoms with van der Waals surface area (Å²) in [6, 6.07) is 20.4. The highest BCUT2D eigenvalue weighted by Gasteiger charge is 2.16. The number of nitrogens with zero attached hydrogens (tertiary/aromatic N) is 4. The zero-order valence-electron chi connectivity index (χ0n) is 15.4. The molecule has 3 heterocycles. The van der Waals surface area contributed by atoms with Gasteiger partial charge in [-0.25, -0.2) is 0 Å². The van der Waals surface area contributed by atoms with E-state index in [0.29, 0.717) is 6.42 Å². The van der Waals surface area contributed by atoms with Crippen molar-refractivity contribution in [3.8, 4) is 22.1 Å². The van der Waals surface area contributed by atoms with E-state index in [1.807, 2.05) is 40.9 Å². The van der Waals surface area contributed by atoms with Crippen molar-refractivity contribution in [1.29, 1.82) is 0 Å². The Labute approximate surface area is 183 Å². The molecule has 144 valence electrons. The van der Waals surface area contributed by atoms with E-state index < -0.39 is 0 Å². The van der Waals surface area contributed by atoms with Crippen LogP contribution < -0.4 is 0 Å². The molecule has 0 fully saturated rings. The smallest absolute Gasteiger partial charge is 0.235 e. The maximum Gasteiger partial charge on any atom is 0.235 e. The molecule has 2 aromatic carbocycles. The van der Waals surface area contributed by atoms with Crippen LogP contribution in [0.15, 0.2) is 74.4 Å². The van der Waals surface area contributed by atoms with Gasteiger partial charge in [-0.15, -0.1) is 27.1 Å². The van der Waals surface area contributed by atoms with Gasteiger partial charge in [0.15, 0.2) is 16.6 Å². The zero-order chi connectivity index (χ0) is 19.8. The molecule has 0 spiro atoms. The van der Waals surface area contributed by atoms with Gasteiger partial charge in [0.05, 0.1) is 0 Å². The third-order valence-corrected chi connectivity index (χ3v) is 6.71. The number of benzene rings is 2. The number of hydrogen-bond acceptors (Lipinski definition) is 6. The van der Waals surface area contributed by atoms with Crippen LogP contribution in [0, 0.1) is 0 Å². The molecule has 5 rings (SSSR count). The second-order valence-corrected chi connectivity index (χ2v) is 9.16. The minimum Gasteiger partial charge on any atom is -0.454 e. The van der Waals surface area contributed by atoms with Gasteiger partial charge in [0.1, 0.15) is 5.76 Å². The lowest BCUT2D eigenvalue weighted by Gasteiger charge is -2.00. The average Bonchev–Trinajstić information content (AvgIpc) is 3.46. The molecule has 5 aromatic rings. The van der Waals surface area contributed by atoms with Crippen LogP contribution in [0.1, 0.15) is 11.4 Å². The molecule has 8 heteroatoms. The van der Waals surface area contributed by atoms with Gasteiger partial charge >= 0.3 is 0 Å². The summed E-state index contributed by atoms with van der Waals surface area (Å²) in [5.74, 6) is 2.36. The van der Waals surface area contributed by atoms with Crippen molar-refractivity contribution in [1.82, 2.24) is 19.8 Å². The van der Waals surface area contributed by atoms with E-state index >= 15 is 0 Å². The van der Waals surface area contributed by atoms with Crippen LogP contribution in [0.3, 0.4) is 0 Å². The number of rotatable bonds is 5. The highest BCUT2D eigenvalue weighted by Crippen LogP contribution is 2.32. The maximum atomic E-state index is 6.05. The van der Waals surface area contributed by atoms with Crippen molar-refractivity contribution in [3.63, 3.8) is 0 Å². The van der Waals surface area contributed by atoms with Crippen molar-refractivity contribution in [2.24, 2.45) is 0 Å².